The Hall–Kier alpha value is -3.24. The van der Waals surface area contributed by atoms with Crippen molar-refractivity contribution in [1.29, 1.82) is 0 Å². The van der Waals surface area contributed by atoms with E-state index < -0.39 is 17.5 Å². The number of hydrogen-bond acceptors (Lipinski definition) is 5. The van der Waals surface area contributed by atoms with Gasteiger partial charge < -0.3 is 20.4 Å². The fourth-order valence-electron chi connectivity index (χ4n) is 4.26. The lowest BCUT2D eigenvalue weighted by molar-refractivity contribution is -0.194. The number of nitrogen functional groups attached to an aromatic ring is 1. The van der Waals surface area contributed by atoms with Crippen molar-refractivity contribution in [2.24, 2.45) is 5.92 Å². The molecule has 10 heteroatoms. The lowest BCUT2D eigenvalue weighted by Crippen LogP contribution is -2.47. The van der Waals surface area contributed by atoms with E-state index in [4.69, 9.17) is 15.3 Å². The molecular formula is C29H25Br2F3N2O3. The predicted octanol–water partition coefficient (Wildman–Crippen LogP) is 6.96. The second kappa shape index (κ2) is 11.1. The first kappa shape index (κ1) is 28.8. The highest BCUT2D eigenvalue weighted by atomic mass is 79.9. The molecule has 0 saturated heterocycles. The quantitative estimate of drug-likeness (QED) is 0.163. The molecule has 1 aliphatic rings. The van der Waals surface area contributed by atoms with Crippen LogP contribution in [0.2, 0.25) is 0 Å². The zero-order chi connectivity index (χ0) is 28.5. The molecule has 1 heterocycles. The smallest absolute Gasteiger partial charge is 0.398 e. The van der Waals surface area contributed by atoms with Gasteiger partial charge in [-0.1, -0.05) is 50.1 Å². The van der Waals surface area contributed by atoms with Gasteiger partial charge in [-0.3, -0.25) is 0 Å². The summed E-state index contributed by atoms with van der Waals surface area (Å²) in [4.78, 5) is 4.44. The molecule has 2 atom stereocenters. The van der Waals surface area contributed by atoms with Crippen LogP contribution in [-0.4, -0.2) is 21.4 Å². The summed E-state index contributed by atoms with van der Waals surface area (Å²) >= 11 is 6.57. The van der Waals surface area contributed by atoms with Crippen LogP contribution in [0.4, 0.5) is 18.9 Å². The number of nitrogens with zero attached hydrogens (tertiary/aromatic N) is 1. The molecular weight excluding hydrogens is 641 g/mol. The van der Waals surface area contributed by atoms with Gasteiger partial charge >= 0.3 is 6.18 Å². The summed E-state index contributed by atoms with van der Waals surface area (Å²) in [5, 5.41) is 19.5. The molecule has 3 aromatic carbocycles. The number of halogens is 5. The van der Waals surface area contributed by atoms with Gasteiger partial charge in [-0.05, 0) is 86.0 Å². The Morgan fingerprint density at radius 2 is 1.62 bits per heavy atom. The first-order valence-corrected chi connectivity index (χ1v) is 13.4. The Morgan fingerprint density at radius 1 is 0.949 bits per heavy atom. The van der Waals surface area contributed by atoms with E-state index in [-0.39, 0.29) is 23.5 Å². The topological polar surface area (TPSA) is 92.5 Å². The number of phenolic OH excluding ortho intramolecular Hbond substituents is 2. The third kappa shape index (κ3) is 6.01. The summed E-state index contributed by atoms with van der Waals surface area (Å²) in [6.07, 6.45) is -1.18. The van der Waals surface area contributed by atoms with Crippen LogP contribution in [0.25, 0.3) is 23.6 Å². The Kier molecular flexibility index (Phi) is 8.18. The molecule has 5 nitrogen and oxygen atoms in total. The molecule has 1 aromatic heterocycles. The third-order valence-corrected chi connectivity index (χ3v) is 7.84. The second-order valence-corrected chi connectivity index (χ2v) is 11.2. The lowest BCUT2D eigenvalue weighted by Gasteiger charge is -2.38. The summed E-state index contributed by atoms with van der Waals surface area (Å²) < 4.78 is 50.6. The third-order valence-electron chi connectivity index (χ3n) is 6.82. The number of aromatic nitrogens is 1. The number of nitrogens with two attached hydrogens (primary N) is 1. The molecule has 0 amide bonds. The Labute approximate surface area is 239 Å². The average Bonchev–Trinajstić information content (AvgIpc) is 3.31. The van der Waals surface area contributed by atoms with Crippen molar-refractivity contribution in [2.75, 3.05) is 5.73 Å². The van der Waals surface area contributed by atoms with E-state index in [1.807, 2.05) is 24.3 Å². The maximum absolute atomic E-state index is 14.3. The van der Waals surface area contributed by atoms with Gasteiger partial charge in [0.05, 0.1) is 11.1 Å². The lowest BCUT2D eigenvalue weighted by atomic mass is 9.68. The highest BCUT2D eigenvalue weighted by Gasteiger charge is 2.56. The summed E-state index contributed by atoms with van der Waals surface area (Å²) in [7, 11) is 0. The number of benzene rings is 3. The number of phenols is 2. The highest BCUT2D eigenvalue weighted by Crippen LogP contribution is 2.49. The van der Waals surface area contributed by atoms with Crippen LogP contribution in [0.15, 0.2) is 74.0 Å². The van der Waals surface area contributed by atoms with Gasteiger partial charge in [-0.25, -0.2) is 4.98 Å². The molecule has 0 aliphatic heterocycles. The minimum atomic E-state index is -4.53. The van der Waals surface area contributed by atoms with Crippen molar-refractivity contribution < 1.29 is 27.8 Å². The molecule has 4 aromatic rings. The molecule has 5 rings (SSSR count). The van der Waals surface area contributed by atoms with Gasteiger partial charge in [0.2, 0.25) is 5.89 Å². The van der Waals surface area contributed by atoms with Crippen molar-refractivity contribution in [3.63, 3.8) is 0 Å². The van der Waals surface area contributed by atoms with Gasteiger partial charge in [0.15, 0.2) is 5.42 Å². The fourth-order valence-corrected chi connectivity index (χ4v) is 4.91. The Balaban J connectivity index is 0.000000333. The van der Waals surface area contributed by atoms with Gasteiger partial charge in [-0.2, -0.15) is 13.2 Å². The number of aromatic hydroxyl groups is 2. The van der Waals surface area contributed by atoms with Crippen molar-refractivity contribution in [1.82, 2.24) is 4.98 Å². The van der Waals surface area contributed by atoms with Crippen LogP contribution in [0.5, 0.6) is 11.5 Å². The van der Waals surface area contributed by atoms with E-state index in [9.17, 15) is 18.3 Å². The summed E-state index contributed by atoms with van der Waals surface area (Å²) in [6.45, 7) is 2.82. The van der Waals surface area contributed by atoms with Crippen LogP contribution in [0.3, 0.4) is 0 Å². The summed E-state index contributed by atoms with van der Waals surface area (Å²) in [5.74, 6) is -0.570. The van der Waals surface area contributed by atoms with E-state index in [1.54, 1.807) is 31.2 Å². The van der Waals surface area contributed by atoms with Gasteiger partial charge in [0.25, 0.3) is 0 Å². The van der Waals surface area contributed by atoms with Crippen molar-refractivity contribution in [2.45, 2.75) is 31.9 Å². The minimum absolute atomic E-state index is 0.0175. The summed E-state index contributed by atoms with van der Waals surface area (Å²) in [6, 6.07) is 16.4. The number of hydrogen-bond donors (Lipinski definition) is 3. The average molecular weight is 666 g/mol. The normalized spacial score (nSPS) is 16.1. The Morgan fingerprint density at radius 3 is 2.21 bits per heavy atom. The summed E-state index contributed by atoms with van der Waals surface area (Å²) in [5.41, 5.74) is 5.15. The first-order valence-electron chi connectivity index (χ1n) is 11.8. The van der Waals surface area contributed by atoms with Crippen molar-refractivity contribution in [3.8, 4) is 23.0 Å². The van der Waals surface area contributed by atoms with E-state index in [2.05, 4.69) is 36.8 Å². The number of oxazole rings is 1. The Bertz CT molecular complexity index is 1620. The largest absolute Gasteiger partial charge is 0.508 e. The second-order valence-electron chi connectivity index (χ2n) is 9.39. The number of aryl methyl sites for hydroxylation is 1. The van der Waals surface area contributed by atoms with Crippen molar-refractivity contribution in [3.05, 3.63) is 91.5 Å². The molecule has 0 saturated carbocycles. The van der Waals surface area contributed by atoms with Crippen LogP contribution in [0, 0.1) is 12.8 Å². The SMILES string of the molecule is Cc1ccc(C(C)(C2C=c3oc(-c4ccc(Br)cc4)nc3=CC2)C(F)(F)F)cc1O.Nc1cc(Br)ccc1O. The number of rotatable bonds is 3. The molecule has 4 N–H and O–H groups in total. The van der Waals surface area contributed by atoms with Crippen LogP contribution >= 0.6 is 31.9 Å². The zero-order valence-corrected chi connectivity index (χ0v) is 24.1. The molecule has 0 radical (unpaired) electrons. The highest BCUT2D eigenvalue weighted by molar-refractivity contribution is 9.10. The molecule has 39 heavy (non-hydrogen) atoms. The van der Waals surface area contributed by atoms with Crippen LogP contribution < -0.4 is 16.5 Å². The maximum atomic E-state index is 14.3. The first-order chi connectivity index (χ1) is 18.3. The van der Waals surface area contributed by atoms with Gasteiger partial charge in [-0.15, -0.1) is 0 Å². The van der Waals surface area contributed by atoms with Crippen LogP contribution in [0.1, 0.15) is 24.5 Å². The molecule has 0 fully saturated rings. The molecule has 0 spiro atoms. The fraction of sp³-hybridized carbons (Fsp3) is 0.207. The predicted molar refractivity (Wildman–Crippen MR) is 152 cm³/mol. The molecule has 2 unspecified atom stereocenters. The van der Waals surface area contributed by atoms with Gasteiger partial charge in [0.1, 0.15) is 16.8 Å². The monoisotopic (exact) mass is 664 g/mol. The van der Waals surface area contributed by atoms with E-state index >= 15 is 0 Å². The molecule has 0 bridgehead atoms. The zero-order valence-electron chi connectivity index (χ0n) is 20.9. The van der Waals surface area contributed by atoms with Gasteiger partial charge in [0, 0.05) is 20.4 Å². The van der Waals surface area contributed by atoms with E-state index in [0.29, 0.717) is 27.9 Å². The minimum Gasteiger partial charge on any atom is -0.508 e. The van der Waals surface area contributed by atoms with Crippen LogP contribution in [-0.2, 0) is 5.41 Å². The number of alkyl halides is 3. The maximum Gasteiger partial charge on any atom is 0.398 e. The number of anilines is 1. The van der Waals surface area contributed by atoms with E-state index in [1.165, 1.54) is 31.2 Å². The molecule has 1 aliphatic carbocycles. The molecule has 204 valence electrons. The standard InChI is InChI=1S/C23H19BrF3NO2.C6H6BrNO/c1-13-3-6-15(11-19(13)29)22(2,23(25,26)27)16-7-10-18-20(12-16)30-21(28-18)14-4-8-17(24)9-5-14;7-4-1-2-6(9)5(8)3-4/h3-6,8-12,16,29H,7H2,1-2H3;1-3,9H,8H2. The van der Waals surface area contributed by atoms with Crippen molar-refractivity contribution >= 4 is 49.7 Å². The number of fused-ring (bicyclic) bond motifs is 1. The van der Waals surface area contributed by atoms with E-state index in [0.717, 1.165) is 14.5 Å².